The van der Waals surface area contributed by atoms with Gasteiger partial charge in [-0.1, -0.05) is 29.8 Å². The van der Waals surface area contributed by atoms with Gasteiger partial charge in [-0.2, -0.15) is 0 Å². The van der Waals surface area contributed by atoms with Crippen molar-refractivity contribution in [3.63, 3.8) is 0 Å². The predicted octanol–water partition coefficient (Wildman–Crippen LogP) is 9.13. The van der Waals surface area contributed by atoms with Crippen LogP contribution in [0.2, 0.25) is 0 Å². The van der Waals surface area contributed by atoms with E-state index < -0.39 is 8.80 Å². The van der Waals surface area contributed by atoms with Crippen molar-refractivity contribution in [2.75, 3.05) is 19.8 Å². The van der Waals surface area contributed by atoms with E-state index in [-0.39, 0.29) is 0 Å². The molecule has 0 N–H and O–H groups in total. The van der Waals surface area contributed by atoms with Gasteiger partial charge in [0.25, 0.3) is 0 Å². The molecule has 0 atom stereocenters. The van der Waals surface area contributed by atoms with Gasteiger partial charge in [-0.05, 0) is 112 Å². The van der Waals surface area contributed by atoms with E-state index >= 15 is 0 Å². The highest BCUT2D eigenvalue weighted by Gasteiger charge is 2.41. The number of hydrogen-bond donors (Lipinski definition) is 0. The summed E-state index contributed by atoms with van der Waals surface area (Å²) in [7, 11) is 7.80. The van der Waals surface area contributed by atoms with Crippen molar-refractivity contribution in [2.24, 2.45) is 0 Å². The molecule has 1 aromatic heterocycles. The normalized spacial score (nSPS) is 12.0. The summed E-state index contributed by atoms with van der Waals surface area (Å²) in [5.41, 5.74) is 3.54. The molecule has 33 heavy (non-hydrogen) atoms. The Balaban J connectivity index is 1.53. The number of hydrogen-bond acceptors (Lipinski definition) is 11. The van der Waals surface area contributed by atoms with E-state index in [0.717, 1.165) is 9.86 Å². The smallest absolute Gasteiger partial charge is 0.374 e. The number of aromatic nitrogens is 1. The second kappa shape index (κ2) is 14.9. The van der Waals surface area contributed by atoms with Crippen molar-refractivity contribution in [3.05, 3.63) is 53.6 Å². The molecule has 0 saturated carbocycles. The first kappa shape index (κ1) is 28.1. The van der Waals surface area contributed by atoms with Gasteiger partial charge < -0.3 is 13.3 Å². The largest absolute Gasteiger partial charge is 0.505 e. The quantitative estimate of drug-likeness (QED) is 0.0967. The van der Waals surface area contributed by atoms with E-state index in [1.54, 1.807) is 72.2 Å². The van der Waals surface area contributed by atoms with E-state index in [9.17, 15) is 0 Å². The first-order chi connectivity index (χ1) is 16.1. The lowest BCUT2D eigenvalue weighted by atomic mass is 10.2. The molecule has 0 aliphatic rings. The third kappa shape index (κ3) is 8.85. The van der Waals surface area contributed by atoms with Crippen molar-refractivity contribution in [1.82, 2.24) is 4.98 Å². The molecule has 0 bridgehead atoms. The molecule has 3 rings (SSSR count). The second-order valence-corrected chi connectivity index (χ2v) is 19.8. The molecule has 0 spiro atoms. The molecule has 0 amide bonds. The van der Waals surface area contributed by atoms with Gasteiger partial charge in [-0.3, -0.25) is 0 Å². The molecule has 1 heterocycles. The van der Waals surface area contributed by atoms with Gasteiger partial charge in [-0.15, -0.1) is 11.3 Å². The number of thiazole rings is 1. The summed E-state index contributed by atoms with van der Waals surface area (Å²) < 4.78 is 20.6. The summed E-state index contributed by atoms with van der Waals surface area (Å²) in [5.74, 6) is 0. The maximum atomic E-state index is 6.09. The van der Waals surface area contributed by atoms with Gasteiger partial charge in [0.2, 0.25) is 0 Å². The minimum atomic E-state index is -2.75. The molecule has 180 valence electrons. The van der Waals surface area contributed by atoms with Crippen molar-refractivity contribution in [3.8, 4) is 0 Å². The average Bonchev–Trinajstić information content (AvgIpc) is 3.21. The van der Waals surface area contributed by atoms with Gasteiger partial charge in [0.15, 0.2) is 4.34 Å². The summed E-state index contributed by atoms with van der Waals surface area (Å²) in [6, 6.07) is 15.6. The molecule has 0 fully saturated rings. The lowest BCUT2D eigenvalue weighted by Gasteiger charge is -2.29. The van der Waals surface area contributed by atoms with Crippen molar-refractivity contribution >= 4 is 91.2 Å². The predicted molar refractivity (Wildman–Crippen MR) is 157 cm³/mol. The van der Waals surface area contributed by atoms with Crippen LogP contribution in [0.4, 0.5) is 0 Å². The number of benzene rings is 2. The van der Waals surface area contributed by atoms with Crippen LogP contribution in [-0.2, 0) is 19.3 Å². The van der Waals surface area contributed by atoms with Gasteiger partial charge >= 0.3 is 8.80 Å². The summed E-state index contributed by atoms with van der Waals surface area (Å²) >= 11 is 1.74. The zero-order valence-corrected chi connectivity index (χ0v) is 25.6. The SMILES string of the molecule is CCO[Si](Cc1cc(C)ccc1SSSSSSc1nc2ccccc2s1)(OCC)OCC. The Morgan fingerprint density at radius 1 is 0.848 bits per heavy atom. The summed E-state index contributed by atoms with van der Waals surface area (Å²) in [4.78, 5) is 5.91. The highest BCUT2D eigenvalue weighted by atomic mass is 33.9. The van der Waals surface area contributed by atoms with E-state index in [0.29, 0.717) is 25.9 Å². The fraction of sp³-hybridized carbons (Fsp3) is 0.381. The van der Waals surface area contributed by atoms with Crippen LogP contribution < -0.4 is 0 Å². The summed E-state index contributed by atoms with van der Waals surface area (Å²) in [6.07, 6.45) is 0. The van der Waals surface area contributed by atoms with Crippen molar-refractivity contribution < 1.29 is 13.3 Å². The summed E-state index contributed by atoms with van der Waals surface area (Å²) in [6.45, 7) is 9.89. The molecule has 4 nitrogen and oxygen atoms in total. The molecule has 2 aromatic carbocycles. The topological polar surface area (TPSA) is 40.6 Å². The maximum absolute atomic E-state index is 6.09. The Kier molecular flexibility index (Phi) is 12.7. The molecular weight excluding hydrogens is 567 g/mol. The Hall–Kier alpha value is 0.527. The zero-order valence-electron chi connectivity index (χ0n) is 18.9. The highest BCUT2D eigenvalue weighted by molar-refractivity contribution is 9.41. The molecule has 0 saturated heterocycles. The summed E-state index contributed by atoms with van der Waals surface area (Å²) in [5, 5.41) is 0. The second-order valence-electron chi connectivity index (χ2n) is 6.66. The number of aryl methyl sites for hydroxylation is 1. The van der Waals surface area contributed by atoms with E-state index in [4.69, 9.17) is 13.3 Å². The number of fused-ring (bicyclic) bond motifs is 1. The van der Waals surface area contributed by atoms with Gasteiger partial charge in [0, 0.05) is 30.8 Å². The fourth-order valence-electron chi connectivity index (χ4n) is 3.10. The van der Waals surface area contributed by atoms with Gasteiger partial charge in [0.1, 0.15) is 0 Å². The third-order valence-corrected chi connectivity index (χ3v) is 19.2. The van der Waals surface area contributed by atoms with Crippen LogP contribution in [0, 0.1) is 6.92 Å². The molecule has 0 radical (unpaired) electrons. The fourth-order valence-corrected chi connectivity index (χ4v) is 18.5. The Bertz CT molecular complexity index is 957. The Morgan fingerprint density at radius 2 is 1.52 bits per heavy atom. The van der Waals surface area contributed by atoms with Crippen LogP contribution in [0.5, 0.6) is 0 Å². The number of nitrogens with zero attached hydrogens (tertiary/aromatic N) is 1. The molecule has 3 aromatic rings. The van der Waals surface area contributed by atoms with Crippen LogP contribution in [0.3, 0.4) is 0 Å². The van der Waals surface area contributed by atoms with E-state index in [1.165, 1.54) is 20.7 Å². The average molecular weight is 594 g/mol. The highest BCUT2D eigenvalue weighted by Crippen LogP contribution is 2.56. The first-order valence-electron chi connectivity index (χ1n) is 10.5. The molecule has 0 aliphatic heterocycles. The Labute approximate surface area is 224 Å². The minimum absolute atomic E-state index is 0.589. The maximum Gasteiger partial charge on any atom is 0.505 e. The zero-order chi connectivity index (χ0) is 23.5. The number of para-hydroxylation sites is 1. The van der Waals surface area contributed by atoms with Crippen LogP contribution in [0.1, 0.15) is 31.9 Å². The van der Waals surface area contributed by atoms with Gasteiger partial charge in [-0.25, -0.2) is 4.98 Å². The van der Waals surface area contributed by atoms with E-state index in [2.05, 4.69) is 48.3 Å². The third-order valence-electron chi connectivity index (χ3n) is 4.30. The van der Waals surface area contributed by atoms with Crippen LogP contribution >= 0.6 is 72.2 Å². The number of rotatable bonds is 15. The first-order valence-corrected chi connectivity index (χ1v) is 20.7. The molecule has 12 heteroatoms. The van der Waals surface area contributed by atoms with Crippen LogP contribution in [-0.4, -0.2) is 33.6 Å². The molecule has 0 aliphatic carbocycles. The molecule has 0 unspecified atom stereocenters. The van der Waals surface area contributed by atoms with Crippen molar-refractivity contribution in [1.29, 1.82) is 0 Å². The lowest BCUT2D eigenvalue weighted by Crippen LogP contribution is -2.48. The lowest BCUT2D eigenvalue weighted by molar-refractivity contribution is 0.0702. The standard InChI is InChI=1S/C21H27NO3S7Si/c1-5-23-33(24-6-2,25-7-3)15-17-14-16(4)12-13-19(17)27-29-31-32-30-28-21-22-18-10-8-9-11-20(18)26-21/h8-14H,5-7,15H2,1-4H3. The van der Waals surface area contributed by atoms with Crippen LogP contribution in [0.15, 0.2) is 51.7 Å². The minimum Gasteiger partial charge on any atom is -0.374 e. The molecular formula is C21H27NO3S7Si. The van der Waals surface area contributed by atoms with Gasteiger partial charge in [0.05, 0.1) is 10.2 Å². The van der Waals surface area contributed by atoms with E-state index in [1.807, 2.05) is 26.8 Å². The monoisotopic (exact) mass is 593 g/mol. The van der Waals surface area contributed by atoms with Crippen LogP contribution in [0.25, 0.3) is 10.2 Å². The Morgan fingerprint density at radius 3 is 2.18 bits per heavy atom. The van der Waals surface area contributed by atoms with Crippen molar-refractivity contribution in [2.45, 2.75) is 43.0 Å².